The van der Waals surface area contributed by atoms with Crippen molar-refractivity contribution in [2.45, 2.75) is 30.9 Å². The Morgan fingerprint density at radius 1 is 1.18 bits per heavy atom. The highest BCUT2D eigenvalue weighted by Crippen LogP contribution is 2.15. The maximum Gasteiger partial charge on any atom is 0.324 e. The number of carbonyl (C=O) groups is 2. The summed E-state index contributed by atoms with van der Waals surface area (Å²) in [5.41, 5.74) is 4.96. The monoisotopic (exact) mass is 330 g/mol. The number of hydrogen-bond acceptors (Lipinski definition) is 6. The molecule has 0 radical (unpaired) electrons. The first-order valence-electron chi connectivity index (χ1n) is 6.33. The Hall–Kier alpha value is -2.13. The molecule has 0 fully saturated rings. The number of nitrogens with one attached hydrogen (secondary N) is 1. The molecule has 2 atom stereocenters. The molecule has 1 rings (SSSR count). The topological polar surface area (TPSA) is 125 Å². The van der Waals surface area contributed by atoms with E-state index >= 15 is 0 Å². The Balaban J connectivity index is 2.78. The largest absolute Gasteiger partial charge is 0.497 e. The fourth-order valence-corrected chi connectivity index (χ4v) is 2.63. The summed E-state index contributed by atoms with van der Waals surface area (Å²) in [5, 5.41) is 0. The van der Waals surface area contributed by atoms with Crippen LogP contribution in [0.25, 0.3) is 0 Å². The van der Waals surface area contributed by atoms with Gasteiger partial charge in [0.15, 0.2) is 6.10 Å². The summed E-state index contributed by atoms with van der Waals surface area (Å²) in [6.07, 6.45) is -1.14. The van der Waals surface area contributed by atoms with E-state index in [1.165, 1.54) is 45.2 Å². The lowest BCUT2D eigenvalue weighted by Crippen LogP contribution is -2.42. The van der Waals surface area contributed by atoms with Gasteiger partial charge in [0.25, 0.3) is 5.91 Å². The first-order chi connectivity index (χ1) is 10.2. The van der Waals surface area contributed by atoms with Gasteiger partial charge in [-0.1, -0.05) is 0 Å². The zero-order valence-corrected chi connectivity index (χ0v) is 13.2. The van der Waals surface area contributed by atoms with E-state index in [9.17, 15) is 18.0 Å². The summed E-state index contributed by atoms with van der Waals surface area (Å²) >= 11 is 0. The Morgan fingerprint density at radius 2 is 1.73 bits per heavy atom. The Bertz CT molecular complexity index is 641. The van der Waals surface area contributed by atoms with E-state index in [0.717, 1.165) is 0 Å². The van der Waals surface area contributed by atoms with Crippen molar-refractivity contribution >= 4 is 21.9 Å². The van der Waals surface area contributed by atoms with E-state index < -0.39 is 34.0 Å². The second-order valence-electron chi connectivity index (χ2n) is 4.50. The second kappa shape index (κ2) is 7.23. The molecular formula is C13H18N2O6S. The Morgan fingerprint density at radius 3 is 2.18 bits per heavy atom. The molecule has 1 aromatic rings. The molecule has 0 aliphatic carbocycles. The lowest BCUT2D eigenvalue weighted by atomic mass is 10.3. The van der Waals surface area contributed by atoms with Gasteiger partial charge in [-0.2, -0.15) is 4.72 Å². The van der Waals surface area contributed by atoms with Crippen LogP contribution in [0.5, 0.6) is 5.75 Å². The molecule has 9 heteroatoms. The van der Waals surface area contributed by atoms with Crippen molar-refractivity contribution in [3.8, 4) is 5.75 Å². The number of nitrogens with two attached hydrogens (primary N) is 1. The van der Waals surface area contributed by atoms with Gasteiger partial charge in [0, 0.05) is 0 Å². The third-order valence-electron chi connectivity index (χ3n) is 2.75. The van der Waals surface area contributed by atoms with Crippen LogP contribution in [0.1, 0.15) is 13.8 Å². The highest BCUT2D eigenvalue weighted by atomic mass is 32.2. The van der Waals surface area contributed by atoms with Gasteiger partial charge >= 0.3 is 5.97 Å². The van der Waals surface area contributed by atoms with Crippen molar-refractivity contribution in [2.75, 3.05) is 7.11 Å². The van der Waals surface area contributed by atoms with Crippen LogP contribution in [-0.2, 0) is 24.3 Å². The molecule has 0 bridgehead atoms. The molecule has 0 spiro atoms. The van der Waals surface area contributed by atoms with Gasteiger partial charge in [-0.05, 0) is 38.1 Å². The summed E-state index contributed by atoms with van der Waals surface area (Å²) in [6, 6.07) is 4.46. The fraction of sp³-hybridized carbons (Fsp3) is 0.385. The summed E-state index contributed by atoms with van der Waals surface area (Å²) in [5.74, 6) is -1.22. The molecule has 0 saturated heterocycles. The van der Waals surface area contributed by atoms with Crippen LogP contribution in [0.2, 0.25) is 0 Å². The predicted octanol–water partition coefficient (Wildman–Crippen LogP) is -0.221. The third-order valence-corrected chi connectivity index (χ3v) is 4.31. The average molecular weight is 330 g/mol. The first-order valence-corrected chi connectivity index (χ1v) is 7.82. The van der Waals surface area contributed by atoms with Crippen molar-refractivity contribution in [1.29, 1.82) is 0 Å². The number of benzene rings is 1. The van der Waals surface area contributed by atoms with Gasteiger partial charge in [0.05, 0.1) is 12.0 Å². The summed E-state index contributed by atoms with van der Waals surface area (Å²) in [7, 11) is -2.45. The average Bonchev–Trinajstić information content (AvgIpc) is 2.46. The van der Waals surface area contributed by atoms with Gasteiger partial charge in [0.2, 0.25) is 10.0 Å². The van der Waals surface area contributed by atoms with Gasteiger partial charge in [-0.15, -0.1) is 0 Å². The van der Waals surface area contributed by atoms with Crippen LogP contribution >= 0.6 is 0 Å². The zero-order valence-electron chi connectivity index (χ0n) is 12.4. The molecule has 1 amide bonds. The van der Waals surface area contributed by atoms with Crippen LogP contribution in [0.15, 0.2) is 29.2 Å². The number of amides is 1. The molecule has 0 heterocycles. The van der Waals surface area contributed by atoms with Crippen LogP contribution in [0.4, 0.5) is 0 Å². The van der Waals surface area contributed by atoms with E-state index in [4.69, 9.17) is 15.2 Å². The minimum absolute atomic E-state index is 0.0316. The number of hydrogen-bond donors (Lipinski definition) is 2. The van der Waals surface area contributed by atoms with Crippen LogP contribution in [0.3, 0.4) is 0 Å². The maximum atomic E-state index is 12.1. The smallest absolute Gasteiger partial charge is 0.324 e. The number of carbonyl (C=O) groups excluding carboxylic acids is 2. The van der Waals surface area contributed by atoms with E-state index in [1.54, 1.807) is 0 Å². The lowest BCUT2D eigenvalue weighted by molar-refractivity contribution is -0.155. The molecule has 0 aromatic heterocycles. The number of primary amides is 1. The molecule has 3 N–H and O–H groups in total. The minimum atomic E-state index is -3.91. The molecule has 0 aliphatic heterocycles. The number of rotatable bonds is 7. The quantitative estimate of drug-likeness (QED) is 0.666. The van der Waals surface area contributed by atoms with Crippen molar-refractivity contribution in [3.63, 3.8) is 0 Å². The highest BCUT2D eigenvalue weighted by molar-refractivity contribution is 7.89. The number of sulfonamides is 1. The van der Waals surface area contributed by atoms with E-state index in [1.807, 2.05) is 0 Å². The fourth-order valence-electron chi connectivity index (χ4n) is 1.44. The molecule has 0 unspecified atom stereocenters. The second-order valence-corrected chi connectivity index (χ2v) is 6.21. The van der Waals surface area contributed by atoms with Crippen LogP contribution < -0.4 is 15.2 Å². The zero-order chi connectivity index (χ0) is 16.9. The highest BCUT2D eigenvalue weighted by Gasteiger charge is 2.25. The Kier molecular flexibility index (Phi) is 5.89. The molecule has 8 nitrogen and oxygen atoms in total. The molecular weight excluding hydrogens is 312 g/mol. The van der Waals surface area contributed by atoms with Gasteiger partial charge in [-0.25, -0.2) is 8.42 Å². The van der Waals surface area contributed by atoms with Crippen molar-refractivity contribution in [2.24, 2.45) is 5.73 Å². The van der Waals surface area contributed by atoms with E-state index in [2.05, 4.69) is 4.72 Å². The predicted molar refractivity (Wildman–Crippen MR) is 77.5 cm³/mol. The lowest BCUT2D eigenvalue weighted by Gasteiger charge is -2.16. The molecule has 22 heavy (non-hydrogen) atoms. The van der Waals surface area contributed by atoms with Gasteiger partial charge < -0.3 is 15.2 Å². The summed E-state index contributed by atoms with van der Waals surface area (Å²) in [6.45, 7) is 2.60. The number of ether oxygens (including phenoxy) is 2. The normalized spacial score (nSPS) is 14.0. The van der Waals surface area contributed by atoms with Crippen molar-refractivity contribution < 1.29 is 27.5 Å². The van der Waals surface area contributed by atoms with Crippen LogP contribution in [-0.4, -0.2) is 39.5 Å². The Labute approximate surface area is 128 Å². The van der Waals surface area contributed by atoms with E-state index in [-0.39, 0.29) is 4.90 Å². The maximum absolute atomic E-state index is 12.1. The number of esters is 1. The number of methoxy groups -OCH3 is 1. The standard InChI is InChI=1S/C13H18N2O6S/c1-8(13(17)21-9(2)12(14)16)15-22(18,19)11-6-4-10(20-3)5-7-11/h4-9,15H,1-3H3,(H2,14,16)/t8-,9+/m0/s1. The van der Waals surface area contributed by atoms with Gasteiger partial charge in [0.1, 0.15) is 11.8 Å². The molecule has 0 aliphatic rings. The van der Waals surface area contributed by atoms with Crippen molar-refractivity contribution in [3.05, 3.63) is 24.3 Å². The van der Waals surface area contributed by atoms with Crippen molar-refractivity contribution in [1.82, 2.24) is 4.72 Å². The molecule has 122 valence electrons. The summed E-state index contributed by atoms with van der Waals surface area (Å²) in [4.78, 5) is 22.5. The molecule has 1 aromatic carbocycles. The van der Waals surface area contributed by atoms with Crippen LogP contribution in [0, 0.1) is 0 Å². The first kappa shape index (κ1) is 17.9. The van der Waals surface area contributed by atoms with E-state index in [0.29, 0.717) is 5.75 Å². The SMILES string of the molecule is COc1ccc(S(=O)(=O)N[C@@H](C)C(=O)O[C@H](C)C(N)=O)cc1. The van der Waals surface area contributed by atoms with Gasteiger partial charge in [-0.3, -0.25) is 9.59 Å². The third kappa shape index (κ3) is 4.71. The minimum Gasteiger partial charge on any atom is -0.497 e. The summed E-state index contributed by atoms with van der Waals surface area (Å²) < 4.78 is 36.1. The molecule has 0 saturated carbocycles.